The number of carbonyl (C=O) groups is 2. The number of hydroxylamine groups is 2. The standard InChI is InChI=1S/C41H72N4O5/c1-25-33-21-31(41(33,3)4)22-34(25)43-39(47)37-36(26(2)46)35(23-42)50-45(37)24-30-13-10-14-32(38(30)49-6)28-15-17-29(18-16-28)40(48)44(5)20-19-27-11-8-7-9-12-27/h25-38,46H,7-24,42H2,1-6H3,(H,43,47)/t25-,26-,28?,29?,30?,31+,32?,33-,34?,35-,36+,37-,38?/m0/s1. The van der Waals surface area contributed by atoms with Crippen LogP contribution in [0.2, 0.25) is 0 Å². The van der Waals surface area contributed by atoms with Gasteiger partial charge in [-0.1, -0.05) is 59.3 Å². The molecule has 0 aromatic carbocycles. The Balaban J connectivity index is 1.06. The Morgan fingerprint density at radius 1 is 1.04 bits per heavy atom. The molecular weight excluding hydrogens is 628 g/mol. The zero-order valence-electron chi connectivity index (χ0n) is 32.4. The van der Waals surface area contributed by atoms with E-state index in [0.717, 1.165) is 70.3 Å². The lowest BCUT2D eigenvalue weighted by Gasteiger charge is -2.62. The van der Waals surface area contributed by atoms with Gasteiger partial charge in [-0.2, -0.15) is 5.06 Å². The quantitative estimate of drug-likeness (QED) is 0.236. The third-order valence-corrected chi connectivity index (χ3v) is 15.5. The van der Waals surface area contributed by atoms with Gasteiger partial charge in [0.15, 0.2) is 0 Å². The Morgan fingerprint density at radius 2 is 1.76 bits per heavy atom. The molecule has 0 aromatic rings. The van der Waals surface area contributed by atoms with E-state index in [4.69, 9.17) is 15.3 Å². The number of amides is 2. The van der Waals surface area contributed by atoms with Gasteiger partial charge in [0.25, 0.3) is 0 Å². The topological polar surface area (TPSA) is 117 Å². The highest BCUT2D eigenvalue weighted by Crippen LogP contribution is 2.61. The Bertz CT molecular complexity index is 1140. The third-order valence-electron chi connectivity index (χ3n) is 15.5. The molecule has 50 heavy (non-hydrogen) atoms. The molecule has 7 fully saturated rings. The minimum Gasteiger partial charge on any atom is -0.393 e. The molecule has 2 amide bonds. The maximum Gasteiger partial charge on any atom is 0.240 e. The van der Waals surface area contributed by atoms with Gasteiger partial charge in [-0.25, -0.2) is 0 Å². The van der Waals surface area contributed by atoms with Gasteiger partial charge >= 0.3 is 0 Å². The summed E-state index contributed by atoms with van der Waals surface area (Å²) in [5.41, 5.74) is 6.56. The molecule has 7 rings (SSSR count). The molecule has 1 heterocycles. The zero-order chi connectivity index (χ0) is 35.7. The molecule has 11 atom stereocenters. The summed E-state index contributed by atoms with van der Waals surface area (Å²) in [6.07, 6.45) is 16.5. The third kappa shape index (κ3) is 7.83. The van der Waals surface area contributed by atoms with E-state index in [1.807, 2.05) is 24.1 Å². The van der Waals surface area contributed by atoms with Gasteiger partial charge in [0.1, 0.15) is 6.04 Å². The maximum atomic E-state index is 14.2. The van der Waals surface area contributed by atoms with Crippen LogP contribution in [-0.2, 0) is 19.2 Å². The molecule has 6 saturated carbocycles. The van der Waals surface area contributed by atoms with Crippen LogP contribution in [0, 0.1) is 58.7 Å². The number of aliphatic hydroxyl groups excluding tert-OH is 1. The van der Waals surface area contributed by atoms with Gasteiger partial charge in [-0.3, -0.25) is 14.4 Å². The van der Waals surface area contributed by atoms with Crippen LogP contribution in [0.25, 0.3) is 0 Å². The number of aliphatic hydroxyl groups is 1. The van der Waals surface area contributed by atoms with Crippen molar-refractivity contribution in [2.75, 3.05) is 33.8 Å². The smallest absolute Gasteiger partial charge is 0.240 e. The predicted molar refractivity (Wildman–Crippen MR) is 197 cm³/mol. The molecule has 4 unspecified atom stereocenters. The highest BCUT2D eigenvalue weighted by molar-refractivity contribution is 5.83. The second-order valence-corrected chi connectivity index (χ2v) is 18.5. The molecular formula is C41H72N4O5. The van der Waals surface area contributed by atoms with Gasteiger partial charge in [0.05, 0.1) is 18.3 Å². The zero-order valence-corrected chi connectivity index (χ0v) is 32.4. The fraction of sp³-hybridized carbons (Fsp3) is 0.951. The summed E-state index contributed by atoms with van der Waals surface area (Å²) in [5, 5.41) is 16.3. The van der Waals surface area contributed by atoms with E-state index in [0.29, 0.717) is 47.5 Å². The SMILES string of the molecule is COC1C(CN2O[C@@H](CN)[C@@H]([C@H](C)O)[C@H]2C(=O)NC2C[C@H]3C[C@@H]([C@@H]2C)C3(C)C)CCCC1C1CCC(C(=O)N(C)CCC2CCCCC2)CC1. The second kappa shape index (κ2) is 16.4. The number of fused-ring (bicyclic) bond motifs is 2. The second-order valence-electron chi connectivity index (χ2n) is 18.5. The van der Waals surface area contributed by atoms with Gasteiger partial charge in [0, 0.05) is 57.6 Å². The Hall–Kier alpha value is -1.26. The van der Waals surface area contributed by atoms with Gasteiger partial charge in [-0.15, -0.1) is 0 Å². The summed E-state index contributed by atoms with van der Waals surface area (Å²) in [7, 11) is 3.87. The summed E-state index contributed by atoms with van der Waals surface area (Å²) >= 11 is 0. The molecule has 6 aliphatic carbocycles. The monoisotopic (exact) mass is 701 g/mol. The highest BCUT2D eigenvalue weighted by atomic mass is 16.7. The van der Waals surface area contributed by atoms with Gasteiger partial charge in [-0.05, 0) is 106 Å². The van der Waals surface area contributed by atoms with Gasteiger partial charge < -0.3 is 25.8 Å². The van der Waals surface area contributed by atoms with E-state index >= 15 is 0 Å². The molecule has 9 nitrogen and oxygen atoms in total. The summed E-state index contributed by atoms with van der Waals surface area (Å²) in [6, 6.07) is -0.436. The first-order chi connectivity index (χ1) is 23.9. The first-order valence-corrected chi connectivity index (χ1v) is 20.8. The Labute approximate surface area is 303 Å². The average Bonchev–Trinajstić information content (AvgIpc) is 3.50. The summed E-state index contributed by atoms with van der Waals surface area (Å²) in [6.45, 7) is 10.6. The summed E-state index contributed by atoms with van der Waals surface area (Å²) in [5.74, 6) is 3.78. The molecule has 0 aromatic heterocycles. The van der Waals surface area contributed by atoms with E-state index in [-0.39, 0.29) is 42.4 Å². The fourth-order valence-electron chi connectivity index (χ4n) is 12.2. The molecule has 7 aliphatic rings. The van der Waals surface area contributed by atoms with E-state index in [1.165, 1.54) is 38.5 Å². The number of ether oxygens (including phenoxy) is 1. The largest absolute Gasteiger partial charge is 0.393 e. The van der Waals surface area contributed by atoms with Gasteiger partial charge in [0.2, 0.25) is 11.8 Å². The number of nitrogens with one attached hydrogen (secondary N) is 1. The fourth-order valence-corrected chi connectivity index (χ4v) is 12.2. The lowest BCUT2D eigenvalue weighted by atomic mass is 9.45. The predicted octanol–water partition coefficient (Wildman–Crippen LogP) is 5.78. The van der Waals surface area contributed by atoms with Crippen molar-refractivity contribution in [2.45, 2.75) is 154 Å². The molecule has 286 valence electrons. The van der Waals surface area contributed by atoms with E-state index in [2.05, 4.69) is 26.1 Å². The van der Waals surface area contributed by atoms with Crippen LogP contribution in [0.5, 0.6) is 0 Å². The minimum absolute atomic E-state index is 0.0316. The Kier molecular flexibility index (Phi) is 12.6. The lowest BCUT2D eigenvalue weighted by Crippen LogP contribution is -2.62. The summed E-state index contributed by atoms with van der Waals surface area (Å²) < 4.78 is 6.34. The van der Waals surface area contributed by atoms with Crippen molar-refractivity contribution in [1.29, 1.82) is 0 Å². The number of hydrogen-bond acceptors (Lipinski definition) is 7. The number of carbonyl (C=O) groups excluding carboxylic acids is 2. The van der Waals surface area contributed by atoms with Crippen molar-refractivity contribution in [3.63, 3.8) is 0 Å². The molecule has 4 N–H and O–H groups in total. The molecule has 1 aliphatic heterocycles. The minimum atomic E-state index is -0.720. The molecule has 0 radical (unpaired) electrons. The molecule has 0 spiro atoms. The maximum absolute atomic E-state index is 14.2. The number of hydrogen-bond donors (Lipinski definition) is 3. The van der Waals surface area contributed by atoms with E-state index in [9.17, 15) is 14.7 Å². The van der Waals surface area contributed by atoms with Crippen molar-refractivity contribution in [1.82, 2.24) is 15.3 Å². The first kappa shape index (κ1) is 38.5. The van der Waals surface area contributed by atoms with Crippen molar-refractivity contribution in [2.24, 2.45) is 64.4 Å². The van der Waals surface area contributed by atoms with Crippen molar-refractivity contribution >= 4 is 11.8 Å². The van der Waals surface area contributed by atoms with Crippen LogP contribution in [0.3, 0.4) is 0 Å². The number of nitrogens with two attached hydrogens (primary N) is 1. The van der Waals surface area contributed by atoms with Crippen molar-refractivity contribution in [3.05, 3.63) is 0 Å². The number of methoxy groups -OCH3 is 1. The van der Waals surface area contributed by atoms with Crippen molar-refractivity contribution in [3.8, 4) is 0 Å². The summed E-state index contributed by atoms with van der Waals surface area (Å²) in [4.78, 5) is 36.2. The average molecular weight is 701 g/mol. The van der Waals surface area contributed by atoms with Crippen LogP contribution >= 0.6 is 0 Å². The molecule has 9 heteroatoms. The van der Waals surface area contributed by atoms with Crippen LogP contribution in [0.1, 0.15) is 124 Å². The Morgan fingerprint density at radius 3 is 2.38 bits per heavy atom. The van der Waals surface area contributed by atoms with E-state index < -0.39 is 18.2 Å². The normalized spacial score (nSPS) is 41.3. The van der Waals surface area contributed by atoms with Crippen LogP contribution in [-0.4, -0.2) is 91.1 Å². The molecule has 1 saturated heterocycles. The first-order valence-electron chi connectivity index (χ1n) is 20.8. The van der Waals surface area contributed by atoms with Crippen LogP contribution in [0.4, 0.5) is 0 Å². The van der Waals surface area contributed by atoms with Crippen LogP contribution < -0.4 is 11.1 Å². The van der Waals surface area contributed by atoms with E-state index in [1.54, 1.807) is 6.92 Å². The van der Waals surface area contributed by atoms with Crippen LogP contribution in [0.15, 0.2) is 0 Å². The lowest BCUT2D eigenvalue weighted by molar-refractivity contribution is -0.186. The van der Waals surface area contributed by atoms with Crippen molar-refractivity contribution < 1.29 is 24.3 Å². The highest BCUT2D eigenvalue weighted by Gasteiger charge is 2.57. The number of rotatable bonds is 12. The number of nitrogens with zero attached hydrogens (tertiary/aromatic N) is 2. The molecule has 2 bridgehead atoms.